The molecule has 3 aromatic rings. The Morgan fingerprint density at radius 3 is 2.74 bits per heavy atom. The second-order valence-electron chi connectivity index (χ2n) is 6.07. The van der Waals surface area contributed by atoms with E-state index in [0.29, 0.717) is 28.9 Å². The number of amides is 1. The molecule has 9 heteroatoms. The number of ether oxygens (including phenoxy) is 1. The Hall–Kier alpha value is -2.09. The van der Waals surface area contributed by atoms with E-state index in [4.69, 9.17) is 27.9 Å². The van der Waals surface area contributed by atoms with Gasteiger partial charge in [-0.25, -0.2) is 9.97 Å². The average Bonchev–Trinajstić information content (AvgIpc) is 3.16. The van der Waals surface area contributed by atoms with Gasteiger partial charge in [0.2, 0.25) is 0 Å². The summed E-state index contributed by atoms with van der Waals surface area (Å²) in [6.45, 7) is 2.62. The number of nitrogens with zero attached hydrogens (tertiary/aromatic N) is 4. The molecule has 2 aromatic heterocycles. The van der Waals surface area contributed by atoms with Gasteiger partial charge in [-0.15, -0.1) is 11.3 Å². The maximum atomic E-state index is 12.5. The third kappa shape index (κ3) is 3.95. The van der Waals surface area contributed by atoms with Crippen LogP contribution in [0.25, 0.3) is 10.2 Å². The van der Waals surface area contributed by atoms with E-state index in [1.807, 2.05) is 11.4 Å². The molecule has 1 saturated heterocycles. The molecule has 0 aliphatic carbocycles. The molecule has 6 nitrogen and oxygen atoms in total. The summed E-state index contributed by atoms with van der Waals surface area (Å²) < 4.78 is 5.55. The number of hydrogen-bond donors (Lipinski definition) is 0. The highest BCUT2D eigenvalue weighted by Crippen LogP contribution is 2.28. The highest BCUT2D eigenvalue weighted by atomic mass is 35.5. The van der Waals surface area contributed by atoms with Crippen molar-refractivity contribution in [3.05, 3.63) is 46.0 Å². The van der Waals surface area contributed by atoms with E-state index < -0.39 is 0 Å². The summed E-state index contributed by atoms with van der Waals surface area (Å²) in [5, 5.41) is 3.99. The Bertz CT molecular complexity index is 973. The van der Waals surface area contributed by atoms with Crippen LogP contribution in [-0.4, -0.2) is 53.6 Å². The first kappa shape index (κ1) is 18.3. The highest BCUT2D eigenvalue weighted by Gasteiger charge is 2.23. The second-order valence-corrected chi connectivity index (χ2v) is 7.81. The first-order valence-corrected chi connectivity index (χ1v) is 10.0. The zero-order chi connectivity index (χ0) is 18.8. The van der Waals surface area contributed by atoms with Crippen molar-refractivity contribution >= 4 is 56.5 Å². The number of carbonyl (C=O) groups excluding carboxylic acids is 1. The normalized spacial score (nSPS) is 14.6. The number of anilines is 1. The zero-order valence-corrected chi connectivity index (χ0v) is 16.6. The van der Waals surface area contributed by atoms with Crippen LogP contribution < -0.4 is 9.64 Å². The van der Waals surface area contributed by atoms with Crippen LogP contribution in [0.2, 0.25) is 10.0 Å². The van der Waals surface area contributed by atoms with Crippen molar-refractivity contribution in [1.29, 1.82) is 0 Å². The van der Waals surface area contributed by atoms with E-state index in [0.717, 1.165) is 29.1 Å². The molecule has 140 valence electrons. The molecule has 27 heavy (non-hydrogen) atoms. The number of carbonyl (C=O) groups is 1. The van der Waals surface area contributed by atoms with Crippen LogP contribution in [0.3, 0.4) is 0 Å². The lowest BCUT2D eigenvalue weighted by Crippen LogP contribution is -2.50. The molecule has 1 aromatic carbocycles. The van der Waals surface area contributed by atoms with E-state index in [1.54, 1.807) is 40.8 Å². The molecule has 1 aliphatic rings. The van der Waals surface area contributed by atoms with Crippen molar-refractivity contribution in [3.63, 3.8) is 0 Å². The minimum absolute atomic E-state index is 0.0519. The third-order valence-corrected chi connectivity index (χ3v) is 5.77. The van der Waals surface area contributed by atoms with Gasteiger partial charge in [-0.05, 0) is 29.6 Å². The summed E-state index contributed by atoms with van der Waals surface area (Å²) in [5.74, 6) is 1.32. The fourth-order valence-electron chi connectivity index (χ4n) is 3.02. The molecule has 0 N–H and O–H groups in total. The van der Waals surface area contributed by atoms with E-state index in [9.17, 15) is 4.79 Å². The summed E-state index contributed by atoms with van der Waals surface area (Å²) in [5.41, 5.74) is 0. The lowest BCUT2D eigenvalue weighted by atomic mass is 10.2. The van der Waals surface area contributed by atoms with Crippen molar-refractivity contribution in [2.24, 2.45) is 0 Å². The molecule has 1 aliphatic heterocycles. The first-order valence-electron chi connectivity index (χ1n) is 8.40. The van der Waals surface area contributed by atoms with Crippen LogP contribution in [0, 0.1) is 0 Å². The average molecular weight is 423 g/mol. The SMILES string of the molecule is O=C(COc1ccc(Cl)cc1Cl)N1CCN(c2ncnc3sccc23)CC1. The number of halogens is 2. The number of thiophene rings is 1. The monoisotopic (exact) mass is 422 g/mol. The Morgan fingerprint density at radius 2 is 1.96 bits per heavy atom. The minimum Gasteiger partial charge on any atom is -0.482 e. The molecule has 3 heterocycles. The summed E-state index contributed by atoms with van der Waals surface area (Å²) in [7, 11) is 0. The van der Waals surface area contributed by atoms with E-state index in [2.05, 4.69) is 14.9 Å². The van der Waals surface area contributed by atoms with Crippen LogP contribution in [0.4, 0.5) is 5.82 Å². The standard InChI is InChI=1S/C18H16Cl2N4O2S/c19-12-1-2-15(14(20)9-12)26-10-16(25)23-4-6-24(7-5-23)17-13-3-8-27-18(13)22-11-21-17/h1-3,8-9,11H,4-7,10H2. The minimum atomic E-state index is -0.0657. The Balaban J connectivity index is 1.35. The third-order valence-electron chi connectivity index (χ3n) is 4.42. The Kier molecular flexibility index (Phi) is 5.33. The smallest absolute Gasteiger partial charge is 0.260 e. The highest BCUT2D eigenvalue weighted by molar-refractivity contribution is 7.16. The maximum absolute atomic E-state index is 12.5. The van der Waals surface area contributed by atoms with Crippen LogP contribution in [0.15, 0.2) is 36.0 Å². The molecule has 0 spiro atoms. The van der Waals surface area contributed by atoms with Crippen LogP contribution in [0.1, 0.15) is 0 Å². The topological polar surface area (TPSA) is 58.6 Å². The van der Waals surface area contributed by atoms with Gasteiger partial charge < -0.3 is 14.5 Å². The van der Waals surface area contributed by atoms with Crippen molar-refractivity contribution in [2.75, 3.05) is 37.7 Å². The number of benzene rings is 1. The van der Waals surface area contributed by atoms with E-state index >= 15 is 0 Å². The molecule has 0 bridgehead atoms. The molecule has 0 radical (unpaired) electrons. The first-order chi connectivity index (χ1) is 13.1. The quantitative estimate of drug-likeness (QED) is 0.640. The Labute approximate surface area is 170 Å². The van der Waals surface area contributed by atoms with Gasteiger partial charge in [0.15, 0.2) is 6.61 Å². The van der Waals surface area contributed by atoms with Crippen molar-refractivity contribution in [2.45, 2.75) is 0 Å². The maximum Gasteiger partial charge on any atom is 0.260 e. The second kappa shape index (κ2) is 7.88. The molecule has 0 saturated carbocycles. The van der Waals surface area contributed by atoms with Crippen LogP contribution in [0.5, 0.6) is 5.75 Å². The van der Waals surface area contributed by atoms with Crippen LogP contribution >= 0.6 is 34.5 Å². The predicted octanol–water partition coefficient (Wildman–Crippen LogP) is 3.73. The van der Waals surface area contributed by atoms with Gasteiger partial charge in [0.25, 0.3) is 5.91 Å². The summed E-state index contributed by atoms with van der Waals surface area (Å²) >= 11 is 13.5. The lowest BCUT2D eigenvalue weighted by Gasteiger charge is -2.35. The van der Waals surface area contributed by atoms with Gasteiger partial charge in [-0.3, -0.25) is 4.79 Å². The molecular weight excluding hydrogens is 407 g/mol. The summed E-state index contributed by atoms with van der Waals surface area (Å²) in [6.07, 6.45) is 1.59. The van der Waals surface area contributed by atoms with Crippen molar-refractivity contribution < 1.29 is 9.53 Å². The van der Waals surface area contributed by atoms with Crippen molar-refractivity contribution in [1.82, 2.24) is 14.9 Å². The lowest BCUT2D eigenvalue weighted by molar-refractivity contribution is -0.133. The number of fused-ring (bicyclic) bond motifs is 1. The number of piperazine rings is 1. The fourth-order valence-corrected chi connectivity index (χ4v) is 4.21. The van der Waals surface area contributed by atoms with Gasteiger partial charge in [0.05, 0.1) is 10.4 Å². The molecular formula is C18H16Cl2N4O2S. The Morgan fingerprint density at radius 1 is 1.15 bits per heavy atom. The molecule has 1 fully saturated rings. The molecule has 1 amide bonds. The van der Waals surface area contributed by atoms with E-state index in [1.165, 1.54) is 0 Å². The number of rotatable bonds is 4. The van der Waals surface area contributed by atoms with Gasteiger partial charge in [0.1, 0.15) is 22.7 Å². The molecule has 0 atom stereocenters. The van der Waals surface area contributed by atoms with E-state index in [-0.39, 0.29) is 12.5 Å². The van der Waals surface area contributed by atoms with Gasteiger partial charge >= 0.3 is 0 Å². The fraction of sp³-hybridized carbons (Fsp3) is 0.278. The van der Waals surface area contributed by atoms with Crippen LogP contribution in [-0.2, 0) is 4.79 Å². The zero-order valence-electron chi connectivity index (χ0n) is 14.3. The van der Waals surface area contributed by atoms with Crippen molar-refractivity contribution in [3.8, 4) is 5.75 Å². The largest absolute Gasteiger partial charge is 0.482 e. The van der Waals surface area contributed by atoms with Gasteiger partial charge in [-0.1, -0.05) is 23.2 Å². The molecule has 0 unspecified atom stereocenters. The van der Waals surface area contributed by atoms with Gasteiger partial charge in [-0.2, -0.15) is 0 Å². The van der Waals surface area contributed by atoms with Gasteiger partial charge in [0, 0.05) is 31.2 Å². The molecule has 4 rings (SSSR count). The number of hydrogen-bond acceptors (Lipinski definition) is 6. The summed E-state index contributed by atoms with van der Waals surface area (Å²) in [4.78, 5) is 26.1. The summed E-state index contributed by atoms with van der Waals surface area (Å²) in [6, 6.07) is 6.97. The predicted molar refractivity (Wildman–Crippen MR) is 108 cm³/mol. The number of aromatic nitrogens is 2.